The molecule has 0 aliphatic heterocycles. The van der Waals surface area contributed by atoms with Crippen molar-refractivity contribution in [3.8, 4) is 0 Å². The average Bonchev–Trinajstić information content (AvgIpc) is 1.00. The van der Waals surface area contributed by atoms with Crippen molar-refractivity contribution in [1.29, 1.82) is 0 Å². The van der Waals surface area contributed by atoms with E-state index in [1.54, 1.807) is 0 Å². The summed E-state index contributed by atoms with van der Waals surface area (Å²) in [6.45, 7) is 0. The molecule has 0 rings (SSSR count). The molecule has 0 amide bonds. The Labute approximate surface area is 69.1 Å². The van der Waals surface area contributed by atoms with Crippen LogP contribution in [0, 0.1) is 0 Å². The second-order valence-corrected chi connectivity index (χ2v) is 0. The number of rotatable bonds is 0. The zero-order chi connectivity index (χ0) is 2.00. The van der Waals surface area contributed by atoms with Gasteiger partial charge in [0.25, 0.3) is 0 Å². The molecule has 0 aromatic heterocycles. The van der Waals surface area contributed by atoms with Crippen LogP contribution in [0.15, 0.2) is 0 Å². The standard InChI is InChI=1S/Ni.2O.Sb.Ti/q+2;;-2;+1;+4. The maximum atomic E-state index is 8.30. The van der Waals surface area contributed by atoms with E-state index >= 15 is 0 Å². The molecular weight excluding hydrogens is 260 g/mol. The third-order valence-corrected chi connectivity index (χ3v) is 0. The molecule has 2 nitrogen and oxygen atoms in total. The van der Waals surface area contributed by atoms with E-state index in [1.165, 1.54) is 0 Å². The van der Waals surface area contributed by atoms with Gasteiger partial charge in [-0.25, -0.2) is 0 Å². The zero-order valence-corrected chi connectivity index (χ0v) is 7.18. The molecule has 0 fully saturated rings. The first kappa shape index (κ1) is 29.3. The minimum absolute atomic E-state index is 0. The predicted octanol–water partition coefficient (Wildman–Crippen LogP) is -0.623. The van der Waals surface area contributed by atoms with Gasteiger partial charge in [-0.2, -0.15) is 0 Å². The molecule has 0 N–H and O–H groups in total. The summed E-state index contributed by atoms with van der Waals surface area (Å²) in [5.74, 6) is 0. The first-order valence-corrected chi connectivity index (χ1v) is 1.22. The Morgan fingerprint density at radius 2 is 1.20 bits per heavy atom. The van der Waals surface area contributed by atoms with Crippen molar-refractivity contribution in [2.45, 2.75) is 0 Å². The number of hydrogen-bond acceptors (Lipinski definition) is 1. The van der Waals surface area contributed by atoms with Crippen molar-refractivity contribution in [2.75, 3.05) is 0 Å². The van der Waals surface area contributed by atoms with Crippen molar-refractivity contribution in [2.24, 2.45) is 0 Å². The van der Waals surface area contributed by atoms with Crippen molar-refractivity contribution in [3.63, 3.8) is 0 Å². The van der Waals surface area contributed by atoms with E-state index < -0.39 is 0 Å². The fourth-order valence-corrected chi connectivity index (χ4v) is 0. The van der Waals surface area contributed by atoms with Gasteiger partial charge in [-0.05, 0) is 0 Å². The second-order valence-electron chi connectivity index (χ2n) is 0. The summed E-state index contributed by atoms with van der Waals surface area (Å²) in [6.07, 6.45) is 0. The van der Waals surface area contributed by atoms with Crippen LogP contribution in [0.3, 0.4) is 0 Å². The first-order valence-electron chi connectivity index (χ1n) is 0.183. The van der Waals surface area contributed by atoms with Crippen molar-refractivity contribution in [3.05, 3.63) is 0 Å². The van der Waals surface area contributed by atoms with Gasteiger partial charge in [0, 0.05) is 0 Å². The van der Waals surface area contributed by atoms with Crippen molar-refractivity contribution >= 4 is 23.0 Å². The Kier molecular flexibility index (Phi) is 243. The van der Waals surface area contributed by atoms with Gasteiger partial charge < -0.3 is 5.48 Å². The van der Waals surface area contributed by atoms with E-state index in [-0.39, 0.29) is 43.7 Å². The molecule has 0 aliphatic carbocycles. The Balaban J connectivity index is -0.00000000167. The molecule has 0 saturated carbocycles. The van der Waals surface area contributed by atoms with E-state index in [0.29, 0.717) is 23.0 Å². The second kappa shape index (κ2) is 41.5. The molecule has 0 aliphatic rings. The van der Waals surface area contributed by atoms with Crippen LogP contribution >= 0.6 is 0 Å². The van der Waals surface area contributed by atoms with Crippen LogP contribution in [-0.4, -0.2) is 23.0 Å². The molecule has 0 bridgehead atoms. The van der Waals surface area contributed by atoms with Gasteiger partial charge >= 0.3 is 64.2 Å². The maximum absolute atomic E-state index is 8.30. The molecule has 5 heteroatoms. The van der Waals surface area contributed by atoms with Gasteiger partial charge in [0.05, 0.1) is 0 Å². The summed E-state index contributed by atoms with van der Waals surface area (Å²) < 4.78 is 8.30. The molecule has 2 radical (unpaired) electrons. The van der Waals surface area contributed by atoms with Crippen molar-refractivity contribution in [1.82, 2.24) is 0 Å². The summed E-state index contributed by atoms with van der Waals surface area (Å²) in [4.78, 5) is 0. The van der Waals surface area contributed by atoms with Crippen LogP contribution in [0.4, 0.5) is 0 Å². The molecule has 0 unspecified atom stereocenters. The molecule has 0 spiro atoms. The van der Waals surface area contributed by atoms with E-state index in [0.717, 1.165) is 0 Å². The minimum atomic E-state index is 0. The molecule has 26 valence electrons. The van der Waals surface area contributed by atoms with Gasteiger partial charge in [-0.1, -0.05) is 0 Å². The normalized spacial score (nSPS) is 0.800. The molecular formula is NiO2SbTi+5. The van der Waals surface area contributed by atoms with Gasteiger partial charge in [0.1, 0.15) is 0 Å². The third kappa shape index (κ3) is 26.0. The summed E-state index contributed by atoms with van der Waals surface area (Å²) >= 11 is 0.500. The molecule has 0 atom stereocenters. The largest absolute Gasteiger partial charge is 4.00 e. The monoisotopic (exact) mass is 259 g/mol. The van der Waals surface area contributed by atoms with Crippen LogP contribution in [-0.2, 0) is 46.7 Å². The summed E-state index contributed by atoms with van der Waals surface area (Å²) in [5.41, 5.74) is 0. The Hall–Kier alpha value is 1.79. The molecule has 0 heterocycles. The summed E-state index contributed by atoms with van der Waals surface area (Å²) in [5, 5.41) is 0. The van der Waals surface area contributed by atoms with Gasteiger partial charge in [0.2, 0.25) is 0 Å². The van der Waals surface area contributed by atoms with E-state index in [2.05, 4.69) is 0 Å². The summed E-state index contributed by atoms with van der Waals surface area (Å²) in [7, 11) is 0. The topological polar surface area (TPSA) is 45.6 Å². The zero-order valence-electron chi connectivity index (χ0n) is 2.08. The van der Waals surface area contributed by atoms with Gasteiger partial charge in [0.15, 0.2) is 0 Å². The first-order chi connectivity index (χ1) is 1.00. The van der Waals surface area contributed by atoms with Crippen LogP contribution in [0.2, 0.25) is 0 Å². The third-order valence-electron chi connectivity index (χ3n) is 0. The summed E-state index contributed by atoms with van der Waals surface area (Å²) in [6, 6.07) is 0. The predicted molar refractivity (Wildman–Crippen MR) is 7.13 cm³/mol. The van der Waals surface area contributed by atoms with Gasteiger partial charge in [-0.15, -0.1) is 0 Å². The van der Waals surface area contributed by atoms with E-state index in [1.807, 2.05) is 0 Å². The fraction of sp³-hybridized carbons (Fsp3) is 0. The molecule has 0 saturated heterocycles. The minimum Gasteiger partial charge on any atom is 4.00 e. The quantitative estimate of drug-likeness (QED) is 0.535. The average molecular weight is 260 g/mol. The van der Waals surface area contributed by atoms with Crippen LogP contribution in [0.25, 0.3) is 0 Å². The molecule has 0 aromatic carbocycles. The van der Waals surface area contributed by atoms with Crippen LogP contribution < -0.4 is 0 Å². The Morgan fingerprint density at radius 1 is 1.20 bits per heavy atom. The van der Waals surface area contributed by atoms with E-state index in [9.17, 15) is 0 Å². The molecule has 0 aromatic rings. The van der Waals surface area contributed by atoms with Crippen LogP contribution in [0.5, 0.6) is 0 Å². The Morgan fingerprint density at radius 3 is 1.20 bits per heavy atom. The number of hydrogen-bond donors (Lipinski definition) is 0. The van der Waals surface area contributed by atoms with Crippen molar-refractivity contribution < 1.29 is 46.7 Å². The van der Waals surface area contributed by atoms with Crippen LogP contribution in [0.1, 0.15) is 0 Å². The smallest absolute Gasteiger partial charge is 4.00 e. The Bertz CT molecular complexity index is 9.61. The molecule has 5 heavy (non-hydrogen) atoms. The SMILES string of the molecule is [Ni+2].[O-2].[O]=[Sb+].[Ti+4]. The van der Waals surface area contributed by atoms with E-state index in [4.69, 9.17) is 3.02 Å². The van der Waals surface area contributed by atoms with Gasteiger partial charge in [-0.3, -0.25) is 0 Å². The fourth-order valence-electron chi connectivity index (χ4n) is 0. The maximum Gasteiger partial charge on any atom is 4.00 e.